The van der Waals surface area contributed by atoms with Gasteiger partial charge in [-0.1, -0.05) is 86.4 Å². The summed E-state index contributed by atoms with van der Waals surface area (Å²) < 4.78 is 9.67. The summed E-state index contributed by atoms with van der Waals surface area (Å²) in [6, 6.07) is 23.9. The van der Waals surface area contributed by atoms with Gasteiger partial charge in [0.05, 0.1) is 49.2 Å². The molecule has 4 N–H and O–H groups in total. The number of nitrogens with zero attached hydrogens (tertiary/aromatic N) is 4. The summed E-state index contributed by atoms with van der Waals surface area (Å²) in [5.41, 5.74) is 7.10. The Bertz CT molecular complexity index is 2800. The van der Waals surface area contributed by atoms with E-state index < -0.39 is 24.3 Å². The number of alkyl carbamates (subject to hydrolysis) is 2. The van der Waals surface area contributed by atoms with Gasteiger partial charge in [0.15, 0.2) is 0 Å². The minimum absolute atomic E-state index is 0.123. The van der Waals surface area contributed by atoms with E-state index in [0.29, 0.717) is 30.4 Å². The molecule has 1 aliphatic carbocycles. The molecule has 3 aliphatic rings. The number of nitrogens with one attached hydrogen (secondary N) is 4. The van der Waals surface area contributed by atoms with Crippen LogP contribution in [0.2, 0.25) is 0 Å². The summed E-state index contributed by atoms with van der Waals surface area (Å²) in [4.78, 5) is 72.9. The molecule has 64 heavy (non-hydrogen) atoms. The van der Waals surface area contributed by atoms with Crippen molar-refractivity contribution in [3.63, 3.8) is 0 Å². The predicted molar refractivity (Wildman–Crippen MR) is 242 cm³/mol. The number of hydrogen-bond acceptors (Lipinski definition) is 8. The molecule has 3 fully saturated rings. The van der Waals surface area contributed by atoms with E-state index in [1.807, 2.05) is 61.3 Å². The molecule has 14 heteroatoms. The number of benzene rings is 4. The number of imidazole rings is 2. The van der Waals surface area contributed by atoms with Crippen LogP contribution in [0.1, 0.15) is 93.3 Å². The topological polar surface area (TPSA) is 175 Å². The number of ether oxygens (including phenoxy) is 2. The fraction of sp³-hybridized carbons (Fsp3) is 0.360. The van der Waals surface area contributed by atoms with Crippen LogP contribution >= 0.6 is 0 Å². The standard InChI is InChI=1S/C50H52N8O6/c1-29(2)42(55-49(61)63-3)47(59)58-25-9-13-41(58)46-52-38-23-20-34-26-33(18-22-37(34)44(38)54-46)36-21-19-35(27-32(36)17-16-30-14-15-30)39-28-51-45(53-39)40-12-8-24-57(40)48(60)43(56-50(62)64-4)31-10-6-5-7-11-31/h5-7,10-11,18-23,26-30,40-43H,8-9,12-15,24-25H2,1-4H3,(H,51,53)(H,52,54)(H,55,61)(H,56,62)/t40-,41-,42-,43+/m0/s1. The maximum Gasteiger partial charge on any atom is 0.407 e. The zero-order chi connectivity index (χ0) is 44.5. The lowest BCUT2D eigenvalue weighted by Gasteiger charge is -2.29. The van der Waals surface area contributed by atoms with Gasteiger partial charge in [-0.3, -0.25) is 9.59 Å². The van der Waals surface area contributed by atoms with Gasteiger partial charge in [0.1, 0.15) is 23.7 Å². The van der Waals surface area contributed by atoms with Gasteiger partial charge in [-0.2, -0.15) is 0 Å². The highest BCUT2D eigenvalue weighted by Gasteiger charge is 2.39. The maximum absolute atomic E-state index is 14.1. The van der Waals surface area contributed by atoms with Crippen LogP contribution in [0.5, 0.6) is 0 Å². The van der Waals surface area contributed by atoms with Crippen LogP contribution in [0.15, 0.2) is 85.1 Å². The SMILES string of the molecule is COC(=O)N[C@H](C(=O)N1CCC[C@H]1c1nc2c(ccc3cc(-c4ccc(-c5cnc([C@@H]6CCCN6C(=O)[C@H](NC(=O)OC)c6ccccc6)[nH]5)cc4C#CC4CC4)ccc32)[nH]1)C(C)C. The van der Waals surface area contributed by atoms with Crippen LogP contribution in [0.25, 0.3) is 44.2 Å². The van der Waals surface area contributed by atoms with Crippen LogP contribution in [0, 0.1) is 23.7 Å². The number of rotatable bonds is 10. The van der Waals surface area contributed by atoms with E-state index in [1.54, 1.807) is 4.90 Å². The first-order valence-electron chi connectivity index (χ1n) is 22.1. The smallest absolute Gasteiger partial charge is 0.407 e. The second-order valence-corrected chi connectivity index (χ2v) is 17.2. The Kier molecular flexibility index (Phi) is 11.8. The molecule has 1 saturated carbocycles. The molecule has 14 nitrogen and oxygen atoms in total. The highest BCUT2D eigenvalue weighted by Crippen LogP contribution is 2.38. The summed E-state index contributed by atoms with van der Waals surface area (Å²) in [6.07, 6.45) is 5.86. The Morgan fingerprint density at radius 2 is 1.47 bits per heavy atom. The van der Waals surface area contributed by atoms with Gasteiger partial charge in [-0.15, -0.1) is 0 Å². The molecule has 4 amide bonds. The third kappa shape index (κ3) is 8.50. The lowest BCUT2D eigenvalue weighted by molar-refractivity contribution is -0.135. The van der Waals surface area contributed by atoms with Crippen molar-refractivity contribution in [1.82, 2.24) is 40.4 Å². The average Bonchev–Trinajstić information content (AvgIpc) is 3.77. The molecular formula is C50H52N8O6. The monoisotopic (exact) mass is 860 g/mol. The number of methoxy groups -OCH3 is 2. The number of hydrogen-bond donors (Lipinski definition) is 4. The molecule has 0 bridgehead atoms. The average molecular weight is 861 g/mol. The van der Waals surface area contributed by atoms with Crippen molar-refractivity contribution in [3.05, 3.63) is 108 Å². The first kappa shape index (κ1) is 42.2. The number of carbonyl (C=O) groups excluding carboxylic acids is 4. The summed E-state index contributed by atoms with van der Waals surface area (Å²) in [5.74, 6) is 8.31. The number of likely N-dealkylation sites (tertiary alicyclic amines) is 2. The molecular weight excluding hydrogens is 809 g/mol. The highest BCUT2D eigenvalue weighted by atomic mass is 16.5. The van der Waals surface area contributed by atoms with Crippen molar-refractivity contribution < 1.29 is 28.7 Å². The van der Waals surface area contributed by atoms with Crippen LogP contribution in [-0.4, -0.2) is 87.1 Å². The molecule has 0 radical (unpaired) electrons. The number of aromatic nitrogens is 4. The van der Waals surface area contributed by atoms with E-state index in [4.69, 9.17) is 19.4 Å². The number of H-pyrrole nitrogens is 2. The van der Waals surface area contributed by atoms with Crippen molar-refractivity contribution in [2.24, 2.45) is 11.8 Å². The zero-order valence-corrected chi connectivity index (χ0v) is 36.4. The number of aromatic amines is 2. The fourth-order valence-electron chi connectivity index (χ4n) is 9.06. The molecule has 2 aliphatic heterocycles. The van der Waals surface area contributed by atoms with Crippen molar-refractivity contribution >= 4 is 45.8 Å². The summed E-state index contributed by atoms with van der Waals surface area (Å²) in [7, 11) is 2.58. The Morgan fingerprint density at radius 3 is 2.19 bits per heavy atom. The van der Waals surface area contributed by atoms with Gasteiger partial charge in [-0.05, 0) is 84.7 Å². The quantitative estimate of drug-likeness (QED) is 0.0995. The van der Waals surface area contributed by atoms with E-state index in [-0.39, 0.29) is 29.8 Å². The van der Waals surface area contributed by atoms with Gasteiger partial charge >= 0.3 is 12.2 Å². The molecule has 328 valence electrons. The Hall–Kier alpha value is -7.14. The van der Waals surface area contributed by atoms with Gasteiger partial charge in [0.25, 0.3) is 5.91 Å². The molecule has 2 saturated heterocycles. The molecule has 0 spiro atoms. The lowest BCUT2D eigenvalue weighted by Crippen LogP contribution is -2.51. The number of carbonyl (C=O) groups is 4. The maximum atomic E-state index is 14.1. The summed E-state index contributed by atoms with van der Waals surface area (Å²) in [5, 5.41) is 7.48. The summed E-state index contributed by atoms with van der Waals surface area (Å²) in [6.45, 7) is 4.93. The van der Waals surface area contributed by atoms with E-state index in [2.05, 4.69) is 74.9 Å². The van der Waals surface area contributed by atoms with E-state index in [0.717, 1.165) is 94.1 Å². The van der Waals surface area contributed by atoms with Crippen molar-refractivity contribution in [2.75, 3.05) is 27.3 Å². The molecule has 4 aromatic carbocycles. The molecule has 0 unspecified atom stereocenters. The Morgan fingerprint density at radius 1 is 0.766 bits per heavy atom. The van der Waals surface area contributed by atoms with Gasteiger partial charge in [0.2, 0.25) is 5.91 Å². The van der Waals surface area contributed by atoms with E-state index >= 15 is 0 Å². The fourth-order valence-corrected chi connectivity index (χ4v) is 9.06. The largest absolute Gasteiger partial charge is 0.453 e. The van der Waals surface area contributed by atoms with Crippen LogP contribution < -0.4 is 10.6 Å². The Balaban J connectivity index is 0.981. The number of fused-ring (bicyclic) bond motifs is 3. The van der Waals surface area contributed by atoms with Crippen LogP contribution in [0.4, 0.5) is 9.59 Å². The minimum Gasteiger partial charge on any atom is -0.453 e. The van der Waals surface area contributed by atoms with Gasteiger partial charge < -0.3 is 39.9 Å². The predicted octanol–water partition coefficient (Wildman–Crippen LogP) is 8.34. The van der Waals surface area contributed by atoms with E-state index in [9.17, 15) is 19.2 Å². The van der Waals surface area contributed by atoms with Crippen molar-refractivity contribution in [3.8, 4) is 34.2 Å². The van der Waals surface area contributed by atoms with Crippen LogP contribution in [-0.2, 0) is 19.1 Å². The second kappa shape index (κ2) is 17.9. The summed E-state index contributed by atoms with van der Waals surface area (Å²) >= 11 is 0. The first-order chi connectivity index (χ1) is 31.1. The van der Waals surface area contributed by atoms with Crippen molar-refractivity contribution in [2.45, 2.75) is 76.5 Å². The minimum atomic E-state index is -0.899. The van der Waals surface area contributed by atoms with Gasteiger partial charge in [-0.25, -0.2) is 19.6 Å². The highest BCUT2D eigenvalue weighted by molar-refractivity contribution is 6.05. The van der Waals surface area contributed by atoms with E-state index in [1.165, 1.54) is 14.2 Å². The lowest BCUT2D eigenvalue weighted by atomic mass is 9.94. The number of amides is 4. The second-order valence-electron chi connectivity index (χ2n) is 17.2. The normalized spacial score (nSPS) is 18.1. The molecule has 9 rings (SSSR count). The van der Waals surface area contributed by atoms with Crippen LogP contribution in [0.3, 0.4) is 0 Å². The molecule has 2 aromatic heterocycles. The molecule has 6 aromatic rings. The third-order valence-electron chi connectivity index (χ3n) is 12.6. The zero-order valence-electron chi connectivity index (χ0n) is 36.4. The third-order valence-corrected chi connectivity index (χ3v) is 12.6. The molecule has 4 atom stereocenters. The molecule has 4 heterocycles. The van der Waals surface area contributed by atoms with Crippen molar-refractivity contribution in [1.29, 1.82) is 0 Å². The Labute approximate surface area is 371 Å². The first-order valence-corrected chi connectivity index (χ1v) is 22.1. The van der Waals surface area contributed by atoms with Gasteiger partial charge in [0, 0.05) is 35.5 Å².